The average Bonchev–Trinajstić information content (AvgIpc) is 2.84. The summed E-state index contributed by atoms with van der Waals surface area (Å²) in [5.41, 5.74) is 2.14. The predicted molar refractivity (Wildman–Crippen MR) is 126 cm³/mol. The van der Waals surface area contributed by atoms with Gasteiger partial charge in [0, 0.05) is 32.1 Å². The van der Waals surface area contributed by atoms with Crippen LogP contribution in [-0.4, -0.2) is 41.1 Å². The minimum absolute atomic E-state index is 0.159. The summed E-state index contributed by atoms with van der Waals surface area (Å²) in [5.74, 6) is 1.03. The van der Waals surface area contributed by atoms with E-state index in [0.29, 0.717) is 48.3 Å². The van der Waals surface area contributed by atoms with E-state index >= 15 is 0 Å². The van der Waals surface area contributed by atoms with Crippen LogP contribution in [0.5, 0.6) is 11.5 Å². The van der Waals surface area contributed by atoms with Gasteiger partial charge in [-0.3, -0.25) is 14.2 Å². The first-order valence-corrected chi connectivity index (χ1v) is 11.2. The van der Waals surface area contributed by atoms with Gasteiger partial charge < -0.3 is 19.4 Å². The number of amides is 1. The summed E-state index contributed by atoms with van der Waals surface area (Å²) in [7, 11) is 3.00. The normalized spacial score (nSPS) is 13.1. The van der Waals surface area contributed by atoms with Gasteiger partial charge in [0.25, 0.3) is 5.56 Å². The molecule has 1 aliphatic rings. The van der Waals surface area contributed by atoms with Crippen LogP contribution in [0.2, 0.25) is 0 Å². The van der Waals surface area contributed by atoms with Crippen LogP contribution in [0.3, 0.4) is 0 Å². The molecule has 2 heterocycles. The fourth-order valence-corrected chi connectivity index (χ4v) is 4.37. The molecule has 0 atom stereocenters. The zero-order valence-electron chi connectivity index (χ0n) is 19.1. The summed E-state index contributed by atoms with van der Waals surface area (Å²) in [6, 6.07) is 11.4. The molecule has 8 nitrogen and oxygen atoms in total. The largest absolute Gasteiger partial charge is 0.493 e. The number of hydrogen-bond acceptors (Lipinski definition) is 5. The number of carbonyl (C=O) groups is 1. The SMILES string of the molecule is COc1cc2[nH]c(=O)n(CCCCCC(=O)N3CCc4ccccc4C3)c(=O)c2cc1OC. The van der Waals surface area contributed by atoms with E-state index < -0.39 is 5.69 Å². The molecule has 2 aromatic carbocycles. The van der Waals surface area contributed by atoms with Crippen molar-refractivity contribution in [3.05, 3.63) is 68.4 Å². The summed E-state index contributed by atoms with van der Waals surface area (Å²) in [6.45, 7) is 1.72. The van der Waals surface area contributed by atoms with E-state index in [9.17, 15) is 14.4 Å². The first-order chi connectivity index (χ1) is 16.0. The van der Waals surface area contributed by atoms with Gasteiger partial charge in [0.05, 0.1) is 25.1 Å². The lowest BCUT2D eigenvalue weighted by Gasteiger charge is -2.29. The van der Waals surface area contributed by atoms with Crippen LogP contribution >= 0.6 is 0 Å². The number of ether oxygens (including phenoxy) is 2. The van der Waals surface area contributed by atoms with Gasteiger partial charge in [-0.15, -0.1) is 0 Å². The van der Waals surface area contributed by atoms with Gasteiger partial charge in [0.2, 0.25) is 5.91 Å². The number of aromatic nitrogens is 2. The standard InChI is InChI=1S/C25H29N3O5/c1-32-21-14-19-20(15-22(21)33-2)26-25(31)28(24(19)30)12-7-3-4-10-23(29)27-13-11-17-8-5-6-9-18(17)16-27/h5-6,8-9,14-15H,3-4,7,10-13,16H2,1-2H3,(H,26,31). The Morgan fingerprint density at radius 3 is 2.48 bits per heavy atom. The summed E-state index contributed by atoms with van der Waals surface area (Å²) in [6.07, 6.45) is 3.49. The van der Waals surface area contributed by atoms with E-state index in [-0.39, 0.29) is 11.5 Å². The third-order valence-corrected chi connectivity index (χ3v) is 6.24. The first kappa shape index (κ1) is 22.6. The molecule has 1 aromatic heterocycles. The number of aromatic amines is 1. The fourth-order valence-electron chi connectivity index (χ4n) is 4.37. The molecule has 0 saturated heterocycles. The molecule has 0 spiro atoms. The predicted octanol–water partition coefficient (Wildman–Crippen LogP) is 2.85. The van der Waals surface area contributed by atoms with Crippen LogP contribution in [-0.2, 0) is 24.3 Å². The Morgan fingerprint density at radius 1 is 1.00 bits per heavy atom. The van der Waals surface area contributed by atoms with Crippen molar-refractivity contribution in [3.8, 4) is 11.5 Å². The molecule has 1 aliphatic heterocycles. The molecule has 0 unspecified atom stereocenters. The average molecular weight is 452 g/mol. The molecule has 0 saturated carbocycles. The van der Waals surface area contributed by atoms with Gasteiger partial charge >= 0.3 is 5.69 Å². The highest BCUT2D eigenvalue weighted by molar-refractivity contribution is 5.81. The molecule has 0 bridgehead atoms. The molecule has 0 aliphatic carbocycles. The Bertz CT molecular complexity index is 1280. The van der Waals surface area contributed by atoms with Crippen LogP contribution in [0.1, 0.15) is 36.8 Å². The maximum atomic E-state index is 12.9. The zero-order chi connectivity index (χ0) is 23.4. The Balaban J connectivity index is 1.33. The lowest BCUT2D eigenvalue weighted by atomic mass is 9.99. The molecule has 4 rings (SSSR count). The van der Waals surface area contributed by atoms with Crippen molar-refractivity contribution >= 4 is 16.8 Å². The second-order valence-electron chi connectivity index (χ2n) is 8.28. The summed E-state index contributed by atoms with van der Waals surface area (Å²) in [5, 5.41) is 0.368. The number of nitrogens with one attached hydrogen (secondary N) is 1. The summed E-state index contributed by atoms with van der Waals surface area (Å²) < 4.78 is 11.7. The van der Waals surface area contributed by atoms with Gasteiger partial charge in [0.1, 0.15) is 0 Å². The van der Waals surface area contributed by atoms with Crippen LogP contribution in [0.15, 0.2) is 46.0 Å². The Kier molecular flexibility index (Phi) is 6.82. The zero-order valence-corrected chi connectivity index (χ0v) is 19.1. The van der Waals surface area contributed by atoms with E-state index in [1.54, 1.807) is 12.1 Å². The van der Waals surface area contributed by atoms with Gasteiger partial charge in [-0.2, -0.15) is 0 Å². The van der Waals surface area contributed by atoms with E-state index in [1.165, 1.54) is 29.9 Å². The van der Waals surface area contributed by atoms with Gasteiger partial charge in [0.15, 0.2) is 11.5 Å². The quantitative estimate of drug-likeness (QED) is 0.532. The number of methoxy groups -OCH3 is 2. The number of rotatable bonds is 8. The lowest BCUT2D eigenvalue weighted by molar-refractivity contribution is -0.132. The number of carbonyl (C=O) groups excluding carboxylic acids is 1. The molecule has 33 heavy (non-hydrogen) atoms. The van der Waals surface area contributed by atoms with E-state index in [0.717, 1.165) is 25.8 Å². The van der Waals surface area contributed by atoms with Gasteiger partial charge in [-0.25, -0.2) is 4.79 Å². The highest BCUT2D eigenvalue weighted by Gasteiger charge is 2.19. The van der Waals surface area contributed by atoms with Gasteiger partial charge in [-0.1, -0.05) is 30.7 Å². The van der Waals surface area contributed by atoms with Crippen molar-refractivity contribution in [2.75, 3.05) is 20.8 Å². The highest BCUT2D eigenvalue weighted by Crippen LogP contribution is 2.29. The van der Waals surface area contributed by atoms with Crippen LogP contribution < -0.4 is 20.7 Å². The Labute approximate surface area is 191 Å². The van der Waals surface area contributed by atoms with Gasteiger partial charge in [-0.05, 0) is 36.5 Å². The molecule has 174 valence electrons. The third kappa shape index (κ3) is 4.79. The monoisotopic (exact) mass is 451 g/mol. The molecule has 0 fully saturated rings. The Hall–Kier alpha value is -3.55. The number of benzene rings is 2. The van der Waals surface area contributed by atoms with Crippen LogP contribution in [0.25, 0.3) is 10.9 Å². The molecule has 0 radical (unpaired) electrons. The van der Waals surface area contributed by atoms with Crippen molar-refractivity contribution in [2.24, 2.45) is 0 Å². The van der Waals surface area contributed by atoms with Crippen molar-refractivity contribution < 1.29 is 14.3 Å². The maximum Gasteiger partial charge on any atom is 0.328 e. The van der Waals surface area contributed by atoms with Crippen LogP contribution in [0, 0.1) is 0 Å². The second-order valence-corrected chi connectivity index (χ2v) is 8.28. The van der Waals surface area contributed by atoms with E-state index in [2.05, 4.69) is 17.1 Å². The first-order valence-electron chi connectivity index (χ1n) is 11.2. The number of hydrogen-bond donors (Lipinski definition) is 1. The molecular weight excluding hydrogens is 422 g/mol. The molecule has 3 aromatic rings. The number of unbranched alkanes of at least 4 members (excludes halogenated alkanes) is 2. The Morgan fingerprint density at radius 2 is 1.73 bits per heavy atom. The third-order valence-electron chi connectivity index (χ3n) is 6.24. The van der Waals surface area contributed by atoms with Crippen molar-refractivity contribution in [2.45, 2.75) is 45.2 Å². The van der Waals surface area contributed by atoms with E-state index in [1.807, 2.05) is 17.0 Å². The number of fused-ring (bicyclic) bond motifs is 2. The number of nitrogens with zero attached hydrogens (tertiary/aromatic N) is 2. The molecule has 1 amide bonds. The highest BCUT2D eigenvalue weighted by atomic mass is 16.5. The minimum atomic E-state index is -0.456. The molecule has 1 N–H and O–H groups in total. The summed E-state index contributed by atoms with van der Waals surface area (Å²) in [4.78, 5) is 42.6. The van der Waals surface area contributed by atoms with E-state index in [4.69, 9.17) is 9.47 Å². The minimum Gasteiger partial charge on any atom is -0.493 e. The van der Waals surface area contributed by atoms with Crippen molar-refractivity contribution in [1.82, 2.24) is 14.5 Å². The smallest absolute Gasteiger partial charge is 0.328 e. The molecular formula is C25H29N3O5. The maximum absolute atomic E-state index is 12.9. The number of H-pyrrole nitrogens is 1. The molecule has 8 heteroatoms. The second kappa shape index (κ2) is 9.94. The topological polar surface area (TPSA) is 93.6 Å². The van der Waals surface area contributed by atoms with Crippen molar-refractivity contribution in [3.63, 3.8) is 0 Å². The fraction of sp³-hybridized carbons (Fsp3) is 0.400. The van der Waals surface area contributed by atoms with Crippen LogP contribution in [0.4, 0.5) is 0 Å². The van der Waals surface area contributed by atoms with Crippen molar-refractivity contribution in [1.29, 1.82) is 0 Å². The lowest BCUT2D eigenvalue weighted by Crippen LogP contribution is -2.36. The summed E-state index contributed by atoms with van der Waals surface area (Å²) >= 11 is 0.